The van der Waals surface area contributed by atoms with Gasteiger partial charge < -0.3 is 0 Å². The van der Waals surface area contributed by atoms with E-state index in [9.17, 15) is 18.5 Å². The molecule has 0 saturated heterocycles. The lowest BCUT2D eigenvalue weighted by Gasteiger charge is -2.19. The van der Waals surface area contributed by atoms with E-state index in [2.05, 4.69) is 10.3 Å². The van der Waals surface area contributed by atoms with Crippen molar-refractivity contribution in [2.45, 2.75) is 10.3 Å². The Morgan fingerprint density at radius 3 is 2.41 bits per heavy atom. The predicted molar refractivity (Wildman–Crippen MR) is 107 cm³/mol. The van der Waals surface area contributed by atoms with Crippen LogP contribution < -0.4 is 0 Å². The Hall–Kier alpha value is -3.30. The lowest BCUT2D eigenvalue weighted by atomic mass is 10.1. The van der Waals surface area contributed by atoms with E-state index in [0.29, 0.717) is 11.0 Å². The fourth-order valence-corrected chi connectivity index (χ4v) is 5.04. The van der Waals surface area contributed by atoms with Gasteiger partial charge in [-0.3, -0.25) is 10.1 Å². The number of nitro benzene ring substituents is 1. The smallest absolute Gasteiger partial charge is 0.258 e. The molecule has 1 atom stereocenters. The van der Waals surface area contributed by atoms with E-state index in [4.69, 9.17) is 11.6 Å². The molecule has 0 radical (unpaired) electrons. The van der Waals surface area contributed by atoms with Gasteiger partial charge in [-0.25, -0.2) is 13.1 Å². The van der Waals surface area contributed by atoms with Gasteiger partial charge in [-0.15, -0.1) is 5.10 Å². The number of nitro groups is 1. The standard InChI is InChI=1S/C19H13ClN4O4S/c20-13-10-11-17(24(25)26)15(12-13)19(29(27,28)14-6-2-1-3-7-14)23-18-9-5-4-8-16(18)21-22-23/h1-12,19H. The van der Waals surface area contributed by atoms with Crippen molar-refractivity contribution in [3.05, 3.63) is 93.5 Å². The first-order valence-corrected chi connectivity index (χ1v) is 10.3. The highest BCUT2D eigenvalue weighted by Crippen LogP contribution is 2.38. The minimum Gasteiger partial charge on any atom is -0.258 e. The molecule has 0 saturated carbocycles. The van der Waals surface area contributed by atoms with Gasteiger partial charge in [0.25, 0.3) is 5.69 Å². The maximum absolute atomic E-state index is 13.6. The molecule has 29 heavy (non-hydrogen) atoms. The van der Waals surface area contributed by atoms with Crippen LogP contribution in [0.4, 0.5) is 5.69 Å². The van der Waals surface area contributed by atoms with Crippen LogP contribution in [0.25, 0.3) is 11.0 Å². The van der Waals surface area contributed by atoms with Crippen molar-refractivity contribution in [3.8, 4) is 0 Å². The van der Waals surface area contributed by atoms with Crippen molar-refractivity contribution in [2.75, 3.05) is 0 Å². The first kappa shape index (κ1) is 19.0. The third kappa shape index (κ3) is 3.34. The molecule has 0 amide bonds. The van der Waals surface area contributed by atoms with Crippen LogP contribution in [0.3, 0.4) is 0 Å². The van der Waals surface area contributed by atoms with E-state index in [1.807, 2.05) is 0 Å². The van der Waals surface area contributed by atoms with Crippen molar-refractivity contribution in [1.29, 1.82) is 0 Å². The summed E-state index contributed by atoms with van der Waals surface area (Å²) in [5.41, 5.74) is 0.414. The van der Waals surface area contributed by atoms with E-state index in [-0.39, 0.29) is 21.2 Å². The van der Waals surface area contributed by atoms with Crippen LogP contribution in [0.1, 0.15) is 10.9 Å². The molecule has 0 N–H and O–H groups in total. The van der Waals surface area contributed by atoms with Crippen LogP contribution >= 0.6 is 11.6 Å². The molecule has 0 aliphatic heterocycles. The molecule has 1 aromatic heterocycles. The number of hydrogen-bond donors (Lipinski definition) is 0. The number of benzene rings is 3. The summed E-state index contributed by atoms with van der Waals surface area (Å²) in [5, 5.41) is 18.3. The van der Waals surface area contributed by atoms with E-state index >= 15 is 0 Å². The zero-order valence-electron chi connectivity index (χ0n) is 14.7. The summed E-state index contributed by atoms with van der Waals surface area (Å²) < 4.78 is 28.4. The Labute approximate surface area is 170 Å². The Kier molecular flexibility index (Phi) is 4.77. The largest absolute Gasteiger partial charge is 0.275 e. The normalized spacial score (nSPS) is 12.7. The molecule has 146 valence electrons. The SMILES string of the molecule is O=[N+]([O-])c1ccc(Cl)cc1C(n1nnc2ccccc21)S(=O)(=O)c1ccccc1. The van der Waals surface area contributed by atoms with Crippen LogP contribution in [0.2, 0.25) is 5.02 Å². The average molecular weight is 429 g/mol. The first-order valence-electron chi connectivity index (χ1n) is 8.42. The molecule has 0 spiro atoms. The van der Waals surface area contributed by atoms with Crippen molar-refractivity contribution < 1.29 is 13.3 Å². The molecule has 8 nitrogen and oxygen atoms in total. The maximum atomic E-state index is 13.6. The highest BCUT2D eigenvalue weighted by Gasteiger charge is 2.37. The topological polar surface area (TPSA) is 108 Å². The van der Waals surface area contributed by atoms with Crippen molar-refractivity contribution in [3.63, 3.8) is 0 Å². The maximum Gasteiger partial charge on any atom is 0.275 e. The Balaban J connectivity index is 2.07. The third-order valence-electron chi connectivity index (χ3n) is 4.42. The van der Waals surface area contributed by atoms with Gasteiger partial charge in [0.15, 0.2) is 5.37 Å². The quantitative estimate of drug-likeness (QED) is 0.351. The van der Waals surface area contributed by atoms with E-state index in [1.54, 1.807) is 42.5 Å². The molecule has 0 bridgehead atoms. The molecular formula is C19H13ClN4O4S. The summed E-state index contributed by atoms with van der Waals surface area (Å²) in [7, 11) is -4.14. The van der Waals surface area contributed by atoms with Crippen LogP contribution in [0.15, 0.2) is 77.7 Å². The molecule has 0 aliphatic rings. The monoisotopic (exact) mass is 428 g/mol. The summed E-state index contributed by atoms with van der Waals surface area (Å²) in [6.07, 6.45) is 0. The summed E-state index contributed by atoms with van der Waals surface area (Å²) in [4.78, 5) is 11.0. The number of rotatable bonds is 5. The van der Waals surface area contributed by atoms with Gasteiger partial charge in [-0.2, -0.15) is 0 Å². The van der Waals surface area contributed by atoms with Gasteiger partial charge in [-0.05, 0) is 36.4 Å². The Morgan fingerprint density at radius 1 is 1.00 bits per heavy atom. The first-order chi connectivity index (χ1) is 13.9. The lowest BCUT2D eigenvalue weighted by molar-refractivity contribution is -0.385. The third-order valence-corrected chi connectivity index (χ3v) is 6.62. The minimum atomic E-state index is -4.14. The van der Waals surface area contributed by atoms with Gasteiger partial charge in [-0.1, -0.05) is 47.1 Å². The minimum absolute atomic E-state index is 0.00106. The zero-order chi connectivity index (χ0) is 20.6. The van der Waals surface area contributed by atoms with Crippen LogP contribution in [-0.4, -0.2) is 28.3 Å². The Bertz CT molecular complexity index is 1320. The molecule has 4 rings (SSSR count). The Morgan fingerprint density at radius 2 is 1.69 bits per heavy atom. The van der Waals surface area contributed by atoms with Crippen LogP contribution in [0.5, 0.6) is 0 Å². The molecule has 4 aromatic rings. The number of hydrogen-bond acceptors (Lipinski definition) is 6. The number of nitrogens with zero attached hydrogens (tertiary/aromatic N) is 4. The second-order valence-electron chi connectivity index (χ2n) is 6.19. The second kappa shape index (κ2) is 7.26. The molecule has 3 aromatic carbocycles. The van der Waals surface area contributed by atoms with Gasteiger partial charge in [0, 0.05) is 11.1 Å². The predicted octanol–water partition coefficient (Wildman–Crippen LogP) is 4.01. The summed E-state index contributed by atoms with van der Waals surface area (Å²) in [6, 6.07) is 18.3. The van der Waals surface area contributed by atoms with E-state index in [0.717, 1.165) is 0 Å². The van der Waals surface area contributed by atoms with Crippen molar-refractivity contribution >= 4 is 38.2 Å². The summed E-state index contributed by atoms with van der Waals surface area (Å²) in [6.45, 7) is 0. The molecule has 1 unspecified atom stereocenters. The van der Waals surface area contributed by atoms with Gasteiger partial charge in [0.2, 0.25) is 9.84 Å². The van der Waals surface area contributed by atoms with Crippen LogP contribution in [0, 0.1) is 10.1 Å². The molecule has 0 fully saturated rings. The van der Waals surface area contributed by atoms with Crippen molar-refractivity contribution in [2.24, 2.45) is 0 Å². The summed E-state index contributed by atoms with van der Waals surface area (Å²) in [5.74, 6) is 0. The summed E-state index contributed by atoms with van der Waals surface area (Å²) >= 11 is 6.08. The van der Waals surface area contributed by atoms with Crippen LogP contribution in [-0.2, 0) is 9.84 Å². The molecular weight excluding hydrogens is 416 g/mol. The number of sulfone groups is 1. The number of aromatic nitrogens is 3. The fourth-order valence-electron chi connectivity index (χ4n) is 3.12. The number of fused-ring (bicyclic) bond motifs is 1. The zero-order valence-corrected chi connectivity index (χ0v) is 16.3. The van der Waals surface area contributed by atoms with E-state index < -0.39 is 20.1 Å². The van der Waals surface area contributed by atoms with Crippen molar-refractivity contribution in [1.82, 2.24) is 15.0 Å². The number of para-hydroxylation sites is 1. The lowest BCUT2D eigenvalue weighted by Crippen LogP contribution is -2.23. The van der Waals surface area contributed by atoms with Gasteiger partial charge in [0.1, 0.15) is 5.52 Å². The molecule has 0 aliphatic carbocycles. The fraction of sp³-hybridized carbons (Fsp3) is 0.0526. The van der Waals surface area contributed by atoms with E-state index in [1.165, 1.54) is 35.0 Å². The van der Waals surface area contributed by atoms with Gasteiger partial charge >= 0.3 is 0 Å². The second-order valence-corrected chi connectivity index (χ2v) is 8.64. The number of halogens is 1. The molecule has 10 heteroatoms. The average Bonchev–Trinajstić information content (AvgIpc) is 3.12. The highest BCUT2D eigenvalue weighted by atomic mass is 35.5. The van der Waals surface area contributed by atoms with Gasteiger partial charge in [0.05, 0.1) is 20.9 Å². The molecule has 1 heterocycles. The highest BCUT2D eigenvalue weighted by molar-refractivity contribution is 7.91.